The molecule has 1 aromatic rings. The van der Waals surface area contributed by atoms with E-state index in [1.54, 1.807) is 0 Å². The number of hydrogen-bond acceptors (Lipinski definition) is 4. The summed E-state index contributed by atoms with van der Waals surface area (Å²) in [6.45, 7) is 5.77. The normalized spacial score (nSPS) is 24.2. The van der Waals surface area contributed by atoms with Crippen LogP contribution in [0.3, 0.4) is 0 Å². The summed E-state index contributed by atoms with van der Waals surface area (Å²) in [6, 6.07) is 8.87. The van der Waals surface area contributed by atoms with E-state index < -0.39 is 0 Å². The zero-order valence-electron chi connectivity index (χ0n) is 15.4. The zero-order chi connectivity index (χ0) is 18.1. The van der Waals surface area contributed by atoms with E-state index in [1.807, 2.05) is 28.9 Å². The fourth-order valence-electron chi connectivity index (χ4n) is 4.61. The van der Waals surface area contributed by atoms with Gasteiger partial charge in [0.1, 0.15) is 0 Å². The van der Waals surface area contributed by atoms with E-state index in [-0.39, 0.29) is 12.0 Å². The lowest BCUT2D eigenvalue weighted by molar-refractivity contribution is -0.118. The number of hydrogen-bond donors (Lipinski definition) is 0. The van der Waals surface area contributed by atoms with Crippen molar-refractivity contribution in [3.63, 3.8) is 0 Å². The van der Waals surface area contributed by atoms with Crippen LogP contribution in [0.25, 0.3) is 0 Å². The lowest BCUT2D eigenvalue weighted by Crippen LogP contribution is -2.50. The minimum Gasteiger partial charge on any atom is -0.450 e. The number of fused-ring (bicyclic) bond motifs is 1. The summed E-state index contributed by atoms with van der Waals surface area (Å²) in [7, 11) is 0. The van der Waals surface area contributed by atoms with Crippen LogP contribution in [-0.2, 0) is 16.0 Å². The Labute approximate surface area is 154 Å². The average molecular weight is 357 g/mol. The number of carbonyl (C=O) groups excluding carboxylic acids is 2. The summed E-state index contributed by atoms with van der Waals surface area (Å²) in [5.74, 6) is 0.235. The van der Waals surface area contributed by atoms with Gasteiger partial charge in [-0.15, -0.1) is 0 Å². The fourth-order valence-corrected chi connectivity index (χ4v) is 4.61. The summed E-state index contributed by atoms with van der Waals surface area (Å²) in [5, 5.41) is 0. The lowest BCUT2D eigenvalue weighted by atomic mass is 10.0. The molecule has 0 saturated carbocycles. The molecule has 0 unspecified atom stereocenters. The third-order valence-corrected chi connectivity index (χ3v) is 5.93. The van der Waals surface area contributed by atoms with Crippen LogP contribution >= 0.6 is 0 Å². The topological polar surface area (TPSA) is 53.1 Å². The molecule has 0 aromatic heterocycles. The van der Waals surface area contributed by atoms with Gasteiger partial charge in [0.25, 0.3) is 0 Å². The van der Waals surface area contributed by atoms with Gasteiger partial charge in [-0.3, -0.25) is 9.69 Å². The summed E-state index contributed by atoms with van der Waals surface area (Å²) >= 11 is 0. The second-order valence-corrected chi connectivity index (χ2v) is 7.42. The number of benzene rings is 1. The number of piperidine rings is 1. The Balaban J connectivity index is 1.34. The molecule has 0 N–H and O–H groups in total. The highest BCUT2D eigenvalue weighted by Crippen LogP contribution is 2.34. The summed E-state index contributed by atoms with van der Waals surface area (Å²) < 4.78 is 5.12. The molecule has 2 amide bonds. The monoisotopic (exact) mass is 357 g/mol. The first kappa shape index (κ1) is 17.3. The van der Waals surface area contributed by atoms with Gasteiger partial charge in [-0.25, -0.2) is 4.79 Å². The summed E-state index contributed by atoms with van der Waals surface area (Å²) in [5.41, 5.74) is 2.26. The van der Waals surface area contributed by atoms with E-state index in [9.17, 15) is 9.59 Å². The molecule has 2 saturated heterocycles. The number of ether oxygens (including phenoxy) is 1. The van der Waals surface area contributed by atoms with Gasteiger partial charge in [-0.1, -0.05) is 18.2 Å². The smallest absolute Gasteiger partial charge is 0.409 e. The molecule has 1 atom stereocenters. The van der Waals surface area contributed by atoms with Gasteiger partial charge in [0, 0.05) is 44.0 Å². The minimum absolute atomic E-state index is 0.191. The minimum atomic E-state index is -0.191. The molecule has 3 aliphatic heterocycles. The van der Waals surface area contributed by atoms with Crippen molar-refractivity contribution in [2.24, 2.45) is 0 Å². The summed E-state index contributed by atoms with van der Waals surface area (Å²) in [4.78, 5) is 30.7. The van der Waals surface area contributed by atoms with E-state index in [0.717, 1.165) is 56.7 Å². The van der Waals surface area contributed by atoms with Crippen molar-refractivity contribution in [1.82, 2.24) is 9.80 Å². The quantitative estimate of drug-likeness (QED) is 0.833. The van der Waals surface area contributed by atoms with Gasteiger partial charge < -0.3 is 14.5 Å². The van der Waals surface area contributed by atoms with Crippen LogP contribution in [0.5, 0.6) is 0 Å². The van der Waals surface area contributed by atoms with Crippen molar-refractivity contribution in [1.29, 1.82) is 0 Å². The Kier molecular flexibility index (Phi) is 4.85. The van der Waals surface area contributed by atoms with Crippen LogP contribution < -0.4 is 4.90 Å². The van der Waals surface area contributed by atoms with Gasteiger partial charge in [0.05, 0.1) is 13.0 Å². The standard InChI is InChI=1S/C20H27N3O3/c1-2-26-20(25)22-12-9-17(14-22)21-10-7-16(8-11-21)23-18-6-4-3-5-15(18)13-19(23)24/h3-6,16-17H,2,7-14H2,1H3/t17-/m0/s1. The van der Waals surface area contributed by atoms with E-state index in [4.69, 9.17) is 4.74 Å². The van der Waals surface area contributed by atoms with Crippen LogP contribution in [-0.4, -0.2) is 66.7 Å². The third kappa shape index (κ3) is 3.18. The highest BCUT2D eigenvalue weighted by atomic mass is 16.6. The SMILES string of the molecule is CCOC(=O)N1CC[C@H](N2CCC(N3C(=O)Cc4ccccc43)CC2)C1. The van der Waals surface area contributed by atoms with Gasteiger partial charge in [0.2, 0.25) is 5.91 Å². The molecule has 6 nitrogen and oxygen atoms in total. The van der Waals surface area contributed by atoms with E-state index in [1.165, 1.54) is 0 Å². The van der Waals surface area contributed by atoms with Crippen LogP contribution in [0, 0.1) is 0 Å². The van der Waals surface area contributed by atoms with Gasteiger partial charge in [-0.2, -0.15) is 0 Å². The molecular formula is C20H27N3O3. The Hall–Kier alpha value is -2.08. The Morgan fingerprint density at radius 2 is 1.85 bits per heavy atom. The van der Waals surface area contributed by atoms with Crippen LogP contribution in [0.1, 0.15) is 31.7 Å². The number of para-hydroxylation sites is 1. The number of carbonyl (C=O) groups is 2. The first-order valence-electron chi connectivity index (χ1n) is 9.73. The molecule has 3 heterocycles. The predicted octanol–water partition coefficient (Wildman–Crippen LogP) is 2.27. The van der Waals surface area contributed by atoms with Crippen molar-refractivity contribution in [3.8, 4) is 0 Å². The highest BCUT2D eigenvalue weighted by molar-refractivity contribution is 6.01. The molecule has 4 rings (SSSR count). The first-order valence-corrected chi connectivity index (χ1v) is 9.73. The van der Waals surface area contributed by atoms with Gasteiger partial charge in [0.15, 0.2) is 0 Å². The molecule has 26 heavy (non-hydrogen) atoms. The molecule has 140 valence electrons. The summed E-state index contributed by atoms with van der Waals surface area (Å²) in [6.07, 6.45) is 3.35. The van der Waals surface area contributed by atoms with Crippen LogP contribution in [0.4, 0.5) is 10.5 Å². The third-order valence-electron chi connectivity index (χ3n) is 5.93. The predicted molar refractivity (Wildman–Crippen MR) is 99.2 cm³/mol. The van der Waals surface area contributed by atoms with Gasteiger partial charge in [-0.05, 0) is 37.8 Å². The molecule has 3 aliphatic rings. The van der Waals surface area contributed by atoms with E-state index in [2.05, 4.69) is 17.0 Å². The first-order chi connectivity index (χ1) is 12.7. The average Bonchev–Trinajstić information content (AvgIpc) is 3.26. The van der Waals surface area contributed by atoms with E-state index in [0.29, 0.717) is 25.1 Å². The van der Waals surface area contributed by atoms with E-state index >= 15 is 0 Å². The number of nitrogens with zero attached hydrogens (tertiary/aromatic N) is 3. The zero-order valence-corrected chi connectivity index (χ0v) is 15.4. The molecule has 0 aliphatic carbocycles. The van der Waals surface area contributed by atoms with Crippen molar-refractivity contribution in [2.45, 2.75) is 44.7 Å². The number of rotatable bonds is 3. The van der Waals surface area contributed by atoms with Crippen molar-refractivity contribution < 1.29 is 14.3 Å². The Bertz CT molecular complexity index is 685. The number of likely N-dealkylation sites (tertiary alicyclic amines) is 2. The van der Waals surface area contributed by atoms with Crippen molar-refractivity contribution in [3.05, 3.63) is 29.8 Å². The molecule has 0 bridgehead atoms. The maximum atomic E-state index is 12.5. The largest absolute Gasteiger partial charge is 0.450 e. The van der Waals surface area contributed by atoms with Gasteiger partial charge >= 0.3 is 6.09 Å². The fraction of sp³-hybridized carbons (Fsp3) is 0.600. The second kappa shape index (κ2) is 7.27. The van der Waals surface area contributed by atoms with Crippen LogP contribution in [0.15, 0.2) is 24.3 Å². The Morgan fingerprint density at radius 1 is 1.12 bits per heavy atom. The van der Waals surface area contributed by atoms with Crippen molar-refractivity contribution in [2.75, 3.05) is 37.7 Å². The molecule has 1 aromatic carbocycles. The second-order valence-electron chi connectivity index (χ2n) is 7.42. The number of anilines is 1. The Morgan fingerprint density at radius 3 is 2.62 bits per heavy atom. The molecule has 0 spiro atoms. The maximum absolute atomic E-state index is 12.5. The highest BCUT2D eigenvalue weighted by Gasteiger charge is 2.37. The van der Waals surface area contributed by atoms with Crippen LogP contribution in [0.2, 0.25) is 0 Å². The molecular weight excluding hydrogens is 330 g/mol. The number of amides is 2. The molecule has 0 radical (unpaired) electrons. The lowest BCUT2D eigenvalue weighted by Gasteiger charge is -2.39. The molecule has 6 heteroatoms. The molecule has 2 fully saturated rings. The maximum Gasteiger partial charge on any atom is 0.409 e. The van der Waals surface area contributed by atoms with Crippen molar-refractivity contribution >= 4 is 17.7 Å².